The van der Waals surface area contributed by atoms with Crippen LogP contribution in [-0.2, 0) is 13.5 Å². The van der Waals surface area contributed by atoms with E-state index in [0.717, 1.165) is 18.7 Å². The summed E-state index contributed by atoms with van der Waals surface area (Å²) in [4.78, 5) is 0. The van der Waals surface area contributed by atoms with Gasteiger partial charge in [-0.3, -0.25) is 4.68 Å². The summed E-state index contributed by atoms with van der Waals surface area (Å²) in [6, 6.07) is 2.47. The van der Waals surface area contributed by atoms with Gasteiger partial charge < -0.3 is 5.32 Å². The van der Waals surface area contributed by atoms with Gasteiger partial charge in [0.2, 0.25) is 0 Å². The predicted octanol–water partition coefficient (Wildman–Crippen LogP) is 2.68. The highest BCUT2D eigenvalue weighted by Gasteiger charge is 2.15. The molecule has 2 aromatic rings. The van der Waals surface area contributed by atoms with Crippen molar-refractivity contribution >= 4 is 11.3 Å². The molecule has 4 heteroatoms. The first-order chi connectivity index (χ1) is 8.20. The summed E-state index contributed by atoms with van der Waals surface area (Å²) < 4.78 is 1.86. The van der Waals surface area contributed by atoms with E-state index in [9.17, 15) is 0 Å². The Morgan fingerprint density at radius 2 is 2.29 bits per heavy atom. The lowest BCUT2D eigenvalue weighted by Crippen LogP contribution is -2.23. The van der Waals surface area contributed by atoms with Crippen LogP contribution in [0.1, 0.15) is 29.8 Å². The molecule has 0 bridgehead atoms. The van der Waals surface area contributed by atoms with E-state index in [2.05, 4.69) is 41.1 Å². The van der Waals surface area contributed by atoms with E-state index in [4.69, 9.17) is 0 Å². The second-order valence-corrected chi connectivity index (χ2v) is 5.05. The maximum atomic E-state index is 4.45. The molecule has 0 radical (unpaired) electrons. The quantitative estimate of drug-likeness (QED) is 0.883. The largest absolute Gasteiger partial charge is 0.310 e. The minimum absolute atomic E-state index is 0.376. The first-order valence-electron chi connectivity index (χ1n) is 5.95. The summed E-state index contributed by atoms with van der Waals surface area (Å²) in [5, 5.41) is 12.4. The summed E-state index contributed by atoms with van der Waals surface area (Å²) in [5.41, 5.74) is 3.92. The first kappa shape index (κ1) is 12.3. The Morgan fingerprint density at radius 3 is 2.82 bits per heavy atom. The summed E-state index contributed by atoms with van der Waals surface area (Å²) in [7, 11) is 1.96. The SMILES string of the molecule is CCNC(Cc1ccn(C)n1)c1cscc1C. The number of rotatable bonds is 5. The topological polar surface area (TPSA) is 29.9 Å². The fourth-order valence-corrected chi connectivity index (χ4v) is 2.95. The van der Waals surface area contributed by atoms with E-state index in [1.165, 1.54) is 11.1 Å². The molecule has 1 unspecified atom stereocenters. The zero-order valence-electron chi connectivity index (χ0n) is 10.6. The molecule has 17 heavy (non-hydrogen) atoms. The van der Waals surface area contributed by atoms with E-state index < -0.39 is 0 Å². The van der Waals surface area contributed by atoms with Crippen molar-refractivity contribution in [3.05, 3.63) is 39.8 Å². The molecular formula is C13H19N3S. The van der Waals surface area contributed by atoms with Gasteiger partial charge in [0.05, 0.1) is 5.69 Å². The molecule has 0 aliphatic carbocycles. The van der Waals surface area contributed by atoms with Crippen molar-refractivity contribution in [2.24, 2.45) is 7.05 Å². The van der Waals surface area contributed by atoms with E-state index >= 15 is 0 Å². The normalized spacial score (nSPS) is 12.9. The van der Waals surface area contributed by atoms with Gasteiger partial charge in [-0.2, -0.15) is 16.4 Å². The van der Waals surface area contributed by atoms with Crippen LogP contribution in [0.2, 0.25) is 0 Å². The van der Waals surface area contributed by atoms with Gasteiger partial charge in [-0.1, -0.05) is 6.92 Å². The van der Waals surface area contributed by atoms with Crippen molar-refractivity contribution in [1.82, 2.24) is 15.1 Å². The van der Waals surface area contributed by atoms with Crippen LogP contribution < -0.4 is 5.32 Å². The molecule has 2 rings (SSSR count). The third-order valence-electron chi connectivity index (χ3n) is 2.90. The van der Waals surface area contributed by atoms with E-state index in [1.54, 1.807) is 11.3 Å². The Balaban J connectivity index is 2.15. The van der Waals surface area contributed by atoms with Gasteiger partial charge in [0.15, 0.2) is 0 Å². The Kier molecular flexibility index (Phi) is 3.97. The molecule has 1 atom stereocenters. The smallest absolute Gasteiger partial charge is 0.0643 e. The number of nitrogens with one attached hydrogen (secondary N) is 1. The molecule has 0 aromatic carbocycles. The zero-order chi connectivity index (χ0) is 12.3. The van der Waals surface area contributed by atoms with Crippen molar-refractivity contribution in [3.63, 3.8) is 0 Å². The molecule has 3 nitrogen and oxygen atoms in total. The molecule has 0 aliphatic heterocycles. The summed E-state index contributed by atoms with van der Waals surface area (Å²) in [6.07, 6.45) is 2.95. The number of aromatic nitrogens is 2. The molecule has 0 fully saturated rings. The van der Waals surface area contributed by atoms with E-state index in [1.807, 2.05) is 17.9 Å². The van der Waals surface area contributed by atoms with Crippen molar-refractivity contribution in [2.75, 3.05) is 6.54 Å². The molecule has 0 saturated carbocycles. The minimum atomic E-state index is 0.376. The van der Waals surface area contributed by atoms with Gasteiger partial charge in [0.1, 0.15) is 0 Å². The van der Waals surface area contributed by atoms with Crippen molar-refractivity contribution in [2.45, 2.75) is 26.3 Å². The molecule has 2 aromatic heterocycles. The van der Waals surface area contributed by atoms with Crippen LogP contribution in [0.15, 0.2) is 23.0 Å². The Morgan fingerprint density at radius 1 is 1.47 bits per heavy atom. The van der Waals surface area contributed by atoms with Gasteiger partial charge in [-0.15, -0.1) is 0 Å². The van der Waals surface area contributed by atoms with Crippen LogP contribution >= 0.6 is 11.3 Å². The monoisotopic (exact) mass is 249 g/mol. The number of aryl methyl sites for hydroxylation is 2. The molecule has 92 valence electrons. The highest BCUT2D eigenvalue weighted by Crippen LogP contribution is 2.24. The van der Waals surface area contributed by atoms with Gasteiger partial charge in [-0.05, 0) is 41.4 Å². The van der Waals surface area contributed by atoms with Gasteiger partial charge in [-0.25, -0.2) is 0 Å². The van der Waals surface area contributed by atoms with Crippen LogP contribution in [0.5, 0.6) is 0 Å². The predicted molar refractivity (Wildman–Crippen MR) is 72.4 cm³/mol. The van der Waals surface area contributed by atoms with Crippen LogP contribution in [0.4, 0.5) is 0 Å². The molecule has 2 heterocycles. The lowest BCUT2D eigenvalue weighted by Gasteiger charge is -2.17. The highest BCUT2D eigenvalue weighted by molar-refractivity contribution is 7.08. The van der Waals surface area contributed by atoms with Crippen LogP contribution in [0, 0.1) is 6.92 Å². The van der Waals surface area contributed by atoms with Gasteiger partial charge in [0, 0.05) is 25.7 Å². The van der Waals surface area contributed by atoms with E-state index in [0.29, 0.717) is 6.04 Å². The standard InChI is InChI=1S/C13H19N3S/c1-4-14-13(12-9-17-8-10(12)2)7-11-5-6-16(3)15-11/h5-6,8-9,13-14H,4,7H2,1-3H3. The average Bonchev–Trinajstić information content (AvgIpc) is 2.87. The zero-order valence-corrected chi connectivity index (χ0v) is 11.4. The maximum absolute atomic E-state index is 4.45. The summed E-state index contributed by atoms with van der Waals surface area (Å²) >= 11 is 1.77. The van der Waals surface area contributed by atoms with Gasteiger partial charge in [0.25, 0.3) is 0 Å². The lowest BCUT2D eigenvalue weighted by molar-refractivity contribution is 0.539. The number of nitrogens with zero attached hydrogens (tertiary/aromatic N) is 2. The maximum Gasteiger partial charge on any atom is 0.0643 e. The van der Waals surface area contributed by atoms with Crippen molar-refractivity contribution in [1.29, 1.82) is 0 Å². The van der Waals surface area contributed by atoms with Crippen LogP contribution in [-0.4, -0.2) is 16.3 Å². The third-order valence-corrected chi connectivity index (χ3v) is 3.78. The number of hydrogen-bond acceptors (Lipinski definition) is 3. The summed E-state index contributed by atoms with van der Waals surface area (Å²) in [6.45, 7) is 5.30. The van der Waals surface area contributed by atoms with Gasteiger partial charge >= 0.3 is 0 Å². The Bertz CT molecular complexity index is 472. The van der Waals surface area contributed by atoms with Crippen LogP contribution in [0.25, 0.3) is 0 Å². The molecule has 1 N–H and O–H groups in total. The molecule has 0 amide bonds. The molecule has 0 saturated heterocycles. The second kappa shape index (κ2) is 5.47. The molecule has 0 spiro atoms. The minimum Gasteiger partial charge on any atom is -0.310 e. The number of likely N-dealkylation sites (N-methyl/N-ethyl adjacent to an activating group) is 1. The Hall–Kier alpha value is -1.13. The average molecular weight is 249 g/mol. The molecular weight excluding hydrogens is 230 g/mol. The van der Waals surface area contributed by atoms with Crippen molar-refractivity contribution in [3.8, 4) is 0 Å². The second-order valence-electron chi connectivity index (χ2n) is 4.31. The lowest BCUT2D eigenvalue weighted by atomic mass is 10.0. The fourth-order valence-electron chi connectivity index (χ4n) is 2.05. The number of thiophene rings is 1. The fraction of sp³-hybridized carbons (Fsp3) is 0.462. The summed E-state index contributed by atoms with van der Waals surface area (Å²) in [5.74, 6) is 0. The van der Waals surface area contributed by atoms with Crippen LogP contribution in [0.3, 0.4) is 0 Å². The highest BCUT2D eigenvalue weighted by atomic mass is 32.1. The number of hydrogen-bond donors (Lipinski definition) is 1. The third kappa shape index (κ3) is 2.96. The Labute approximate surface area is 106 Å². The molecule has 0 aliphatic rings. The first-order valence-corrected chi connectivity index (χ1v) is 6.89. The van der Waals surface area contributed by atoms with Crippen molar-refractivity contribution < 1.29 is 0 Å². The van der Waals surface area contributed by atoms with E-state index in [-0.39, 0.29) is 0 Å².